The summed E-state index contributed by atoms with van der Waals surface area (Å²) in [6.07, 6.45) is 2.29. The van der Waals surface area contributed by atoms with E-state index in [0.29, 0.717) is 0 Å². The summed E-state index contributed by atoms with van der Waals surface area (Å²) in [6, 6.07) is 8.63. The third-order valence-electron chi connectivity index (χ3n) is 2.66. The fourth-order valence-electron chi connectivity index (χ4n) is 1.67. The quantitative estimate of drug-likeness (QED) is 0.553. The van der Waals surface area contributed by atoms with Gasteiger partial charge in [-0.3, -0.25) is 0 Å². The molecule has 0 saturated carbocycles. The Bertz CT molecular complexity index is 348. The van der Waals surface area contributed by atoms with E-state index in [1.165, 1.54) is 16.7 Å². The van der Waals surface area contributed by atoms with Crippen LogP contribution < -0.4 is 0 Å². The van der Waals surface area contributed by atoms with Crippen molar-refractivity contribution in [3.63, 3.8) is 0 Å². The van der Waals surface area contributed by atoms with Crippen LogP contribution in [0.15, 0.2) is 29.8 Å². The second-order valence-corrected chi connectivity index (χ2v) is 5.10. The van der Waals surface area contributed by atoms with Gasteiger partial charge >= 0.3 is 85.0 Å². The van der Waals surface area contributed by atoms with E-state index in [-0.39, 0.29) is 3.72 Å². The molecular weight excluding hydrogens is 180 g/mol. The Morgan fingerprint density at radius 2 is 1.92 bits per heavy atom. The molecule has 59 valence electrons. The average Bonchev–Trinajstić information content (AvgIpc) is 2.25. The van der Waals surface area contributed by atoms with Gasteiger partial charge in [0.05, 0.1) is 0 Å². The summed E-state index contributed by atoms with van der Waals surface area (Å²) in [5, 5.41) is 0. The maximum absolute atomic E-state index is 2.29. The molecule has 0 spiro atoms. The van der Waals surface area contributed by atoms with Gasteiger partial charge in [0.2, 0.25) is 0 Å². The van der Waals surface area contributed by atoms with Gasteiger partial charge in [-0.15, -0.1) is 0 Å². The molecule has 0 heterocycles. The summed E-state index contributed by atoms with van der Waals surface area (Å²) in [4.78, 5) is 0. The molecule has 0 aromatic heterocycles. The van der Waals surface area contributed by atoms with Crippen LogP contribution in [0, 0.1) is 0 Å². The first-order valence-electron chi connectivity index (χ1n) is 4.15. The number of benzene rings is 1. The molecule has 0 N–H and O–H groups in total. The molecule has 0 bridgehead atoms. The van der Waals surface area contributed by atoms with Crippen LogP contribution in [0.1, 0.15) is 25.0 Å². The van der Waals surface area contributed by atoms with E-state index in [2.05, 4.69) is 64.6 Å². The SMILES string of the molecule is CC1=Cc2ccccc2[C]1(C)[Ti]. The van der Waals surface area contributed by atoms with Crippen molar-refractivity contribution < 1.29 is 20.4 Å². The number of rotatable bonds is 0. The number of fused-ring (bicyclic) bond motifs is 1. The Labute approximate surface area is 85.1 Å². The van der Waals surface area contributed by atoms with Gasteiger partial charge in [0.15, 0.2) is 0 Å². The van der Waals surface area contributed by atoms with Gasteiger partial charge in [0.1, 0.15) is 0 Å². The molecule has 2 rings (SSSR count). The zero-order chi connectivity index (χ0) is 8.77. The summed E-state index contributed by atoms with van der Waals surface area (Å²) >= 11 is 2.28. The predicted molar refractivity (Wildman–Crippen MR) is 47.4 cm³/mol. The molecule has 0 amide bonds. The number of hydrogen-bond acceptors (Lipinski definition) is 0. The standard InChI is InChI=1S/C11H11.Ti/c1-8-7-10-5-3-4-6-11(10)9(8)2;/h3-7H,1-2H3;. The van der Waals surface area contributed by atoms with Crippen LogP contribution in [-0.4, -0.2) is 0 Å². The van der Waals surface area contributed by atoms with E-state index >= 15 is 0 Å². The topological polar surface area (TPSA) is 0 Å². The minimum absolute atomic E-state index is 0.247. The van der Waals surface area contributed by atoms with Crippen molar-refractivity contribution in [3.8, 4) is 0 Å². The fraction of sp³-hybridized carbons (Fsp3) is 0.273. The Morgan fingerprint density at radius 1 is 1.25 bits per heavy atom. The Balaban J connectivity index is 2.66. The van der Waals surface area contributed by atoms with Crippen LogP contribution in [0.3, 0.4) is 0 Å². The van der Waals surface area contributed by atoms with Crippen LogP contribution in [0.4, 0.5) is 0 Å². The van der Waals surface area contributed by atoms with Crippen molar-refractivity contribution >= 4 is 6.08 Å². The Morgan fingerprint density at radius 3 is 2.58 bits per heavy atom. The third kappa shape index (κ3) is 1.02. The fourth-order valence-corrected chi connectivity index (χ4v) is 2.14. The Kier molecular flexibility index (Phi) is 1.78. The minimum atomic E-state index is 0.247. The third-order valence-corrected chi connectivity index (χ3v) is 3.70. The van der Waals surface area contributed by atoms with Crippen molar-refractivity contribution in [2.75, 3.05) is 0 Å². The van der Waals surface area contributed by atoms with Gasteiger partial charge in [-0.05, 0) is 0 Å². The van der Waals surface area contributed by atoms with Gasteiger partial charge < -0.3 is 0 Å². The molecule has 0 nitrogen and oxygen atoms in total. The van der Waals surface area contributed by atoms with E-state index in [0.717, 1.165) is 0 Å². The first kappa shape index (κ1) is 8.28. The zero-order valence-electron chi connectivity index (χ0n) is 7.39. The van der Waals surface area contributed by atoms with Crippen LogP contribution in [0.25, 0.3) is 6.08 Å². The molecule has 1 aromatic carbocycles. The molecule has 1 heteroatoms. The van der Waals surface area contributed by atoms with Crippen LogP contribution in [0.5, 0.6) is 0 Å². The summed E-state index contributed by atoms with van der Waals surface area (Å²) < 4.78 is 0.247. The van der Waals surface area contributed by atoms with E-state index in [9.17, 15) is 0 Å². The molecule has 12 heavy (non-hydrogen) atoms. The molecule has 1 aliphatic rings. The summed E-state index contributed by atoms with van der Waals surface area (Å²) in [6.45, 7) is 4.49. The van der Waals surface area contributed by atoms with E-state index in [1.807, 2.05) is 0 Å². The first-order valence-corrected chi connectivity index (χ1v) is 4.94. The Hall–Kier alpha value is -0.326. The van der Waals surface area contributed by atoms with Crippen molar-refractivity contribution in [1.29, 1.82) is 0 Å². The van der Waals surface area contributed by atoms with Crippen LogP contribution in [-0.2, 0) is 24.2 Å². The molecule has 0 fully saturated rings. The van der Waals surface area contributed by atoms with E-state index < -0.39 is 0 Å². The molecule has 1 atom stereocenters. The van der Waals surface area contributed by atoms with Crippen molar-refractivity contribution in [2.45, 2.75) is 17.6 Å². The van der Waals surface area contributed by atoms with Gasteiger partial charge in [0, 0.05) is 0 Å². The molecule has 0 radical (unpaired) electrons. The van der Waals surface area contributed by atoms with Crippen molar-refractivity contribution in [3.05, 3.63) is 41.0 Å². The first-order chi connectivity index (χ1) is 5.62. The van der Waals surface area contributed by atoms with E-state index in [4.69, 9.17) is 0 Å². The van der Waals surface area contributed by atoms with Crippen LogP contribution >= 0.6 is 0 Å². The molecular formula is C11H11Ti. The summed E-state index contributed by atoms with van der Waals surface area (Å²) in [5.74, 6) is 0. The average molecular weight is 191 g/mol. The molecule has 1 aliphatic carbocycles. The predicted octanol–water partition coefficient (Wildman–Crippen LogP) is 2.87. The van der Waals surface area contributed by atoms with Gasteiger partial charge in [-0.1, -0.05) is 0 Å². The van der Waals surface area contributed by atoms with Gasteiger partial charge in [-0.25, -0.2) is 0 Å². The van der Waals surface area contributed by atoms with Crippen molar-refractivity contribution in [2.24, 2.45) is 0 Å². The monoisotopic (exact) mass is 191 g/mol. The second kappa shape index (κ2) is 2.58. The normalized spacial score (nSPS) is 26.6. The number of hydrogen-bond donors (Lipinski definition) is 0. The number of allylic oxidation sites excluding steroid dienone is 1. The molecule has 0 aliphatic heterocycles. The maximum atomic E-state index is 2.29. The second-order valence-electron chi connectivity index (χ2n) is 3.54. The van der Waals surface area contributed by atoms with Gasteiger partial charge in [0.25, 0.3) is 0 Å². The summed E-state index contributed by atoms with van der Waals surface area (Å²) in [7, 11) is 0. The molecule has 1 aromatic rings. The molecule has 1 unspecified atom stereocenters. The molecule has 0 saturated heterocycles. The zero-order valence-corrected chi connectivity index (χ0v) is 8.95. The summed E-state index contributed by atoms with van der Waals surface area (Å²) in [5.41, 5.74) is 4.31. The van der Waals surface area contributed by atoms with E-state index in [1.54, 1.807) is 0 Å². The van der Waals surface area contributed by atoms with Crippen molar-refractivity contribution in [1.82, 2.24) is 0 Å². The van der Waals surface area contributed by atoms with Crippen LogP contribution in [0.2, 0.25) is 0 Å². The van der Waals surface area contributed by atoms with Gasteiger partial charge in [-0.2, -0.15) is 0 Å².